The Bertz CT molecular complexity index is 1120. The Morgan fingerprint density at radius 1 is 1.13 bits per heavy atom. The fourth-order valence-electron chi connectivity index (χ4n) is 3.81. The average molecular weight is 365 g/mol. The van der Waals surface area contributed by atoms with Gasteiger partial charge in [-0.1, -0.05) is 0 Å². The summed E-state index contributed by atoms with van der Waals surface area (Å²) in [5.74, 6) is 0. The predicted molar refractivity (Wildman–Crippen MR) is 93.0 cm³/mol. The van der Waals surface area contributed by atoms with Crippen LogP contribution in [0.25, 0.3) is 26.5 Å². The fourth-order valence-corrected chi connectivity index (χ4v) is 6.21. The molecule has 0 radical (unpaired) electrons. The number of rotatable bonds is 1. The maximum atomic E-state index is 11.4. The second kappa shape index (κ2) is 4.22. The van der Waals surface area contributed by atoms with E-state index in [-0.39, 0.29) is 19.9 Å². The second-order valence-electron chi connectivity index (χ2n) is 6.52. The zero-order valence-corrected chi connectivity index (χ0v) is 14.5. The Labute approximate surface area is 139 Å². The number of nitrogens with zero attached hydrogens (tertiary/aromatic N) is 2. The number of aromatic nitrogens is 2. The van der Waals surface area contributed by atoms with Gasteiger partial charge in [0.05, 0.1) is 0 Å². The van der Waals surface area contributed by atoms with Crippen LogP contribution >= 0.6 is 0 Å². The molecule has 3 nitrogen and oxygen atoms in total. The van der Waals surface area contributed by atoms with E-state index in [4.69, 9.17) is 0 Å². The summed E-state index contributed by atoms with van der Waals surface area (Å²) in [6, 6.07) is 12.7. The van der Waals surface area contributed by atoms with Crippen LogP contribution in [-0.4, -0.2) is 30.3 Å². The molecule has 0 aliphatic carbocycles. The molecule has 0 saturated heterocycles. The zero-order valence-electron chi connectivity index (χ0n) is 12.8. The first-order valence-electron chi connectivity index (χ1n) is 7.61. The third kappa shape index (κ3) is 1.50. The van der Waals surface area contributed by atoms with Crippen molar-refractivity contribution in [2.24, 2.45) is 0 Å². The SMILES string of the molecule is CC1(C)c2cc(C=O)[se]c2-n2c3ncccc3c3cccc1c32. The molecule has 0 spiro atoms. The number of fused-ring (bicyclic) bond motifs is 5. The van der Waals surface area contributed by atoms with Gasteiger partial charge < -0.3 is 0 Å². The van der Waals surface area contributed by atoms with Gasteiger partial charge in [-0.15, -0.1) is 0 Å². The number of hydrogen-bond acceptors (Lipinski definition) is 2. The van der Waals surface area contributed by atoms with Crippen molar-refractivity contribution >= 4 is 42.7 Å². The van der Waals surface area contributed by atoms with Crippen LogP contribution in [0, 0.1) is 0 Å². The van der Waals surface area contributed by atoms with Gasteiger partial charge in [0.1, 0.15) is 0 Å². The van der Waals surface area contributed by atoms with Gasteiger partial charge in [0.25, 0.3) is 0 Å². The molecule has 0 amide bonds. The van der Waals surface area contributed by atoms with Crippen LogP contribution in [0.2, 0.25) is 0 Å². The number of benzene rings is 1. The minimum absolute atomic E-state index is 0.0400. The molecule has 4 heterocycles. The Morgan fingerprint density at radius 2 is 1.96 bits per heavy atom. The Kier molecular flexibility index (Phi) is 2.44. The summed E-state index contributed by atoms with van der Waals surface area (Å²) in [5, 5.41) is 2.44. The Morgan fingerprint density at radius 3 is 2.78 bits per heavy atom. The van der Waals surface area contributed by atoms with Crippen molar-refractivity contribution < 1.29 is 4.79 Å². The van der Waals surface area contributed by atoms with Crippen molar-refractivity contribution in [2.45, 2.75) is 19.3 Å². The standard InChI is InChI=1S/C19H14N2OSe/c1-19(2)14-7-3-5-12-13-6-4-8-20-17(13)21(16(12)14)18-15(19)9-11(10-22)23-18/h3-10H,1-2H3. The molecule has 0 fully saturated rings. The van der Waals surface area contributed by atoms with Gasteiger partial charge in [-0.3, -0.25) is 0 Å². The van der Waals surface area contributed by atoms with Crippen molar-refractivity contribution in [1.29, 1.82) is 0 Å². The molecular formula is C19H14N2OSe. The van der Waals surface area contributed by atoms with Gasteiger partial charge in [-0.2, -0.15) is 0 Å². The average Bonchev–Trinajstić information content (AvgIpc) is 3.13. The van der Waals surface area contributed by atoms with Crippen LogP contribution < -0.4 is 0 Å². The van der Waals surface area contributed by atoms with Gasteiger partial charge in [0.2, 0.25) is 0 Å². The van der Waals surface area contributed by atoms with Crippen molar-refractivity contribution in [1.82, 2.24) is 9.55 Å². The summed E-state index contributed by atoms with van der Waals surface area (Å²) in [5.41, 5.74) is 4.74. The first kappa shape index (κ1) is 13.3. The van der Waals surface area contributed by atoms with Gasteiger partial charge >= 0.3 is 139 Å². The number of aldehydes is 1. The van der Waals surface area contributed by atoms with Crippen molar-refractivity contribution in [3.8, 4) is 4.56 Å². The van der Waals surface area contributed by atoms with Crippen LogP contribution in [0.15, 0.2) is 42.6 Å². The molecule has 0 atom stereocenters. The topological polar surface area (TPSA) is 34.9 Å². The van der Waals surface area contributed by atoms with E-state index in [0.717, 1.165) is 16.4 Å². The van der Waals surface area contributed by atoms with E-state index in [0.29, 0.717) is 0 Å². The van der Waals surface area contributed by atoms with Crippen molar-refractivity contribution in [3.63, 3.8) is 0 Å². The molecule has 0 bridgehead atoms. The molecule has 3 aromatic heterocycles. The normalized spacial score (nSPS) is 15.0. The molecule has 4 heteroatoms. The predicted octanol–water partition coefficient (Wildman–Crippen LogP) is 3.69. The molecule has 0 unspecified atom stereocenters. The molecule has 1 aliphatic heterocycles. The first-order valence-corrected chi connectivity index (χ1v) is 9.33. The Balaban J connectivity index is 2.10. The van der Waals surface area contributed by atoms with Gasteiger partial charge in [0.15, 0.2) is 0 Å². The molecular weight excluding hydrogens is 351 g/mol. The number of carbonyl (C=O) groups excluding carboxylic acids is 1. The van der Waals surface area contributed by atoms with E-state index >= 15 is 0 Å². The zero-order chi connectivity index (χ0) is 15.8. The monoisotopic (exact) mass is 366 g/mol. The maximum absolute atomic E-state index is 11.4. The molecule has 0 saturated carbocycles. The summed E-state index contributed by atoms with van der Waals surface area (Å²) >= 11 is 0.0400. The van der Waals surface area contributed by atoms with Crippen molar-refractivity contribution in [3.05, 3.63) is 58.2 Å². The molecule has 112 valence electrons. The summed E-state index contributed by atoms with van der Waals surface area (Å²) in [6.07, 6.45) is 2.86. The van der Waals surface area contributed by atoms with Crippen molar-refractivity contribution in [2.75, 3.05) is 0 Å². The van der Waals surface area contributed by atoms with Crippen LogP contribution in [0.5, 0.6) is 0 Å². The molecule has 0 N–H and O–H groups in total. The van der Waals surface area contributed by atoms with E-state index in [1.807, 2.05) is 12.3 Å². The number of pyridine rings is 1. The summed E-state index contributed by atoms with van der Waals surface area (Å²) in [6.45, 7) is 4.51. The summed E-state index contributed by atoms with van der Waals surface area (Å²) in [4.78, 5) is 16.0. The van der Waals surface area contributed by atoms with E-state index < -0.39 is 0 Å². The van der Waals surface area contributed by atoms with Gasteiger partial charge in [-0.05, 0) is 0 Å². The second-order valence-corrected chi connectivity index (χ2v) is 8.75. The number of carbonyl (C=O) groups is 1. The van der Waals surface area contributed by atoms with E-state index in [2.05, 4.69) is 53.7 Å². The summed E-state index contributed by atoms with van der Waals surface area (Å²) in [7, 11) is 0. The first-order chi connectivity index (χ1) is 11.1. The Hall–Kier alpha value is -2.16. The number of para-hydroxylation sites is 1. The van der Waals surface area contributed by atoms with E-state index in [1.54, 1.807) is 0 Å². The van der Waals surface area contributed by atoms with Crippen LogP contribution in [0.4, 0.5) is 0 Å². The molecule has 23 heavy (non-hydrogen) atoms. The number of hydrogen-bond donors (Lipinski definition) is 0. The molecule has 1 aliphatic rings. The fraction of sp³-hybridized carbons (Fsp3) is 0.158. The van der Waals surface area contributed by atoms with Gasteiger partial charge in [-0.25, -0.2) is 0 Å². The molecule has 1 aromatic carbocycles. The third-order valence-electron chi connectivity index (χ3n) is 4.95. The minimum atomic E-state index is -0.0915. The van der Waals surface area contributed by atoms with Crippen LogP contribution in [-0.2, 0) is 5.41 Å². The summed E-state index contributed by atoms with van der Waals surface area (Å²) < 4.78 is 4.48. The van der Waals surface area contributed by atoms with Gasteiger partial charge in [0, 0.05) is 0 Å². The van der Waals surface area contributed by atoms with E-state index in [1.165, 1.54) is 32.0 Å². The molecule has 5 rings (SSSR count). The third-order valence-corrected chi connectivity index (χ3v) is 7.14. The quantitative estimate of drug-likeness (QED) is 0.381. The van der Waals surface area contributed by atoms with Crippen LogP contribution in [0.3, 0.4) is 0 Å². The van der Waals surface area contributed by atoms with Crippen LogP contribution in [0.1, 0.15) is 34.2 Å². The molecule has 4 aromatic rings. The van der Waals surface area contributed by atoms with E-state index in [9.17, 15) is 4.79 Å².